The topological polar surface area (TPSA) is 66.5 Å². The van der Waals surface area contributed by atoms with Crippen molar-refractivity contribution in [1.29, 1.82) is 0 Å². The van der Waals surface area contributed by atoms with Crippen molar-refractivity contribution in [2.45, 2.75) is 110 Å². The van der Waals surface area contributed by atoms with Gasteiger partial charge in [0.25, 0.3) is 0 Å². The van der Waals surface area contributed by atoms with Crippen LogP contribution in [0.15, 0.2) is 35.5 Å². The molecule has 2 unspecified atom stereocenters. The fourth-order valence-electron chi connectivity index (χ4n) is 6.87. The van der Waals surface area contributed by atoms with Crippen LogP contribution in [-0.4, -0.2) is 28.0 Å². The smallest absolute Gasteiger partial charge is 0.0799 e. The average Bonchev–Trinajstić information content (AvgIpc) is 3.04. The van der Waals surface area contributed by atoms with Crippen molar-refractivity contribution in [2.24, 2.45) is 34.8 Å². The van der Waals surface area contributed by atoms with Gasteiger partial charge in [-0.2, -0.15) is 0 Å². The largest absolute Gasteiger partial charge is 0.390 e. The van der Waals surface area contributed by atoms with E-state index in [-0.39, 0.29) is 6.04 Å². The highest BCUT2D eigenvalue weighted by molar-refractivity contribution is 5.30. The molecule has 176 valence electrons. The molecule has 0 heterocycles. The van der Waals surface area contributed by atoms with Crippen molar-refractivity contribution in [2.75, 3.05) is 0 Å². The molecule has 3 fully saturated rings. The number of allylic oxidation sites excluding steroid dienone is 3. The van der Waals surface area contributed by atoms with Crippen molar-refractivity contribution in [3.63, 3.8) is 0 Å². The third-order valence-corrected chi connectivity index (χ3v) is 9.16. The maximum Gasteiger partial charge on any atom is 0.0799 e. The molecule has 0 saturated heterocycles. The first-order valence-corrected chi connectivity index (χ1v) is 12.7. The first-order valence-electron chi connectivity index (χ1n) is 12.7. The highest BCUT2D eigenvalue weighted by Gasteiger charge is 2.51. The summed E-state index contributed by atoms with van der Waals surface area (Å²) < 4.78 is 0. The number of nitrogens with two attached hydrogens (primary N) is 1. The van der Waals surface area contributed by atoms with Gasteiger partial charge in [-0.15, -0.1) is 0 Å². The van der Waals surface area contributed by atoms with Gasteiger partial charge in [-0.25, -0.2) is 0 Å². The van der Waals surface area contributed by atoms with Crippen molar-refractivity contribution in [1.82, 2.24) is 0 Å². The monoisotopic (exact) mass is 429 g/mol. The minimum Gasteiger partial charge on any atom is -0.390 e. The third-order valence-electron chi connectivity index (χ3n) is 9.16. The van der Waals surface area contributed by atoms with Crippen LogP contribution >= 0.6 is 0 Å². The Bertz CT molecular complexity index is 699. The maximum absolute atomic E-state index is 10.2. The molecule has 0 aliphatic heterocycles. The van der Waals surface area contributed by atoms with E-state index in [2.05, 4.69) is 39.5 Å². The first kappa shape index (κ1) is 24.7. The van der Waals surface area contributed by atoms with Gasteiger partial charge in [0, 0.05) is 6.04 Å². The molecule has 3 aliphatic carbocycles. The summed E-state index contributed by atoms with van der Waals surface area (Å²) in [5.41, 5.74) is 9.65. The molecule has 31 heavy (non-hydrogen) atoms. The molecular formula is C28H47NO2. The van der Waals surface area contributed by atoms with E-state index in [1.807, 2.05) is 13.8 Å². The van der Waals surface area contributed by atoms with Crippen LogP contribution in [0, 0.1) is 29.1 Å². The number of hydrogen-bond acceptors (Lipinski definition) is 3. The molecule has 0 bridgehead atoms. The van der Waals surface area contributed by atoms with Crippen molar-refractivity contribution < 1.29 is 10.2 Å². The van der Waals surface area contributed by atoms with Crippen molar-refractivity contribution in [3.8, 4) is 0 Å². The summed E-state index contributed by atoms with van der Waals surface area (Å²) >= 11 is 0. The van der Waals surface area contributed by atoms with E-state index in [1.165, 1.54) is 37.7 Å². The van der Waals surface area contributed by atoms with Gasteiger partial charge < -0.3 is 15.9 Å². The summed E-state index contributed by atoms with van der Waals surface area (Å²) in [5, 5.41) is 20.4. The molecule has 3 heteroatoms. The number of aliphatic hydroxyl groups excluding tert-OH is 1. The molecule has 0 spiro atoms. The zero-order valence-corrected chi connectivity index (χ0v) is 20.7. The van der Waals surface area contributed by atoms with Crippen LogP contribution in [-0.2, 0) is 0 Å². The quantitative estimate of drug-likeness (QED) is 0.459. The SMILES string of the molecule is C=C1[C@H](N)C/C(=C\C=C2/CCC[C@@]3(C)C2CCC3[C@H](C)[C@@H](C)CCC(C)(C)O)C[C@H]1O. The Kier molecular flexibility index (Phi) is 7.61. The average molecular weight is 430 g/mol. The Hall–Kier alpha value is -0.900. The Morgan fingerprint density at radius 1 is 1.23 bits per heavy atom. The maximum atomic E-state index is 10.2. The lowest BCUT2D eigenvalue weighted by Gasteiger charge is -2.45. The molecule has 0 amide bonds. The van der Waals surface area contributed by atoms with Crippen LogP contribution in [0.25, 0.3) is 0 Å². The van der Waals surface area contributed by atoms with E-state index in [0.717, 1.165) is 30.8 Å². The van der Waals surface area contributed by atoms with E-state index in [4.69, 9.17) is 5.73 Å². The molecule has 3 saturated carbocycles. The molecule has 3 rings (SSSR count). The van der Waals surface area contributed by atoms with E-state index in [9.17, 15) is 10.2 Å². The Balaban J connectivity index is 1.71. The normalized spacial score (nSPS) is 39.0. The van der Waals surface area contributed by atoms with Crippen molar-refractivity contribution >= 4 is 0 Å². The van der Waals surface area contributed by atoms with Crippen LogP contribution in [0.3, 0.4) is 0 Å². The fourth-order valence-corrected chi connectivity index (χ4v) is 6.87. The summed E-state index contributed by atoms with van der Waals surface area (Å²) in [6, 6.07) is -0.118. The molecule has 0 aromatic rings. The Labute approximate surface area is 190 Å². The highest BCUT2D eigenvalue weighted by atomic mass is 16.3. The molecule has 4 N–H and O–H groups in total. The molecule has 0 radical (unpaired) electrons. The van der Waals surface area contributed by atoms with E-state index in [0.29, 0.717) is 29.6 Å². The Morgan fingerprint density at radius 2 is 1.94 bits per heavy atom. The van der Waals surface area contributed by atoms with Gasteiger partial charge in [0.2, 0.25) is 0 Å². The molecule has 3 nitrogen and oxygen atoms in total. The lowest BCUT2D eigenvalue weighted by atomic mass is 9.59. The number of hydrogen-bond donors (Lipinski definition) is 3. The standard InChI is InChI=1S/C28H47NO2/c1-18(13-15-27(4,5)31)19(2)23-11-12-24-22(8-7-14-28(23,24)6)10-9-21-16-25(29)20(3)26(30)17-21/h9-10,18-19,23-26,30-31H,3,7-8,11-17,29H2,1-2,4-6H3/b21-9+,22-10+/t18-,19+,23?,24?,25+,26+,28+/m0/s1. The number of fused-ring (bicyclic) bond motifs is 1. The summed E-state index contributed by atoms with van der Waals surface area (Å²) in [6.45, 7) is 15.2. The molecular weight excluding hydrogens is 382 g/mol. The predicted molar refractivity (Wildman–Crippen MR) is 131 cm³/mol. The second-order valence-electron chi connectivity index (χ2n) is 12.0. The number of rotatable bonds is 6. The van der Waals surface area contributed by atoms with Gasteiger partial charge >= 0.3 is 0 Å². The van der Waals surface area contributed by atoms with Crippen LogP contribution in [0.2, 0.25) is 0 Å². The van der Waals surface area contributed by atoms with Crippen LogP contribution < -0.4 is 5.73 Å². The van der Waals surface area contributed by atoms with Gasteiger partial charge in [-0.1, -0.05) is 50.6 Å². The predicted octanol–water partition coefficient (Wildman–Crippen LogP) is 5.92. The van der Waals surface area contributed by atoms with Gasteiger partial charge in [-0.3, -0.25) is 0 Å². The van der Waals surface area contributed by atoms with Gasteiger partial charge in [-0.05, 0) is 106 Å². The van der Waals surface area contributed by atoms with E-state index in [1.54, 1.807) is 5.57 Å². The van der Waals surface area contributed by atoms with E-state index < -0.39 is 11.7 Å². The Morgan fingerprint density at radius 3 is 2.58 bits per heavy atom. The highest BCUT2D eigenvalue weighted by Crippen LogP contribution is 2.60. The van der Waals surface area contributed by atoms with Gasteiger partial charge in [0.05, 0.1) is 11.7 Å². The second-order valence-corrected chi connectivity index (χ2v) is 12.0. The fraction of sp³-hybridized carbons (Fsp3) is 0.786. The number of aliphatic hydroxyl groups is 2. The summed E-state index contributed by atoms with van der Waals surface area (Å²) in [4.78, 5) is 0. The van der Waals surface area contributed by atoms with Gasteiger partial charge in [0.1, 0.15) is 0 Å². The zero-order valence-electron chi connectivity index (χ0n) is 20.7. The minimum atomic E-state index is -0.564. The van der Waals surface area contributed by atoms with E-state index >= 15 is 0 Å². The van der Waals surface area contributed by atoms with Crippen LogP contribution in [0.5, 0.6) is 0 Å². The molecule has 3 aliphatic rings. The molecule has 7 atom stereocenters. The van der Waals surface area contributed by atoms with Crippen LogP contribution in [0.4, 0.5) is 0 Å². The third kappa shape index (κ3) is 5.54. The summed E-state index contributed by atoms with van der Waals surface area (Å²) in [7, 11) is 0. The lowest BCUT2D eigenvalue weighted by Crippen LogP contribution is -2.37. The van der Waals surface area contributed by atoms with Crippen molar-refractivity contribution in [3.05, 3.63) is 35.5 Å². The molecule has 0 aromatic heterocycles. The zero-order chi connectivity index (χ0) is 23.0. The summed E-state index contributed by atoms with van der Waals surface area (Å²) in [6.07, 6.45) is 14.1. The minimum absolute atomic E-state index is 0.118. The molecule has 0 aromatic carbocycles. The second kappa shape index (κ2) is 9.53. The first-order chi connectivity index (χ1) is 14.4. The lowest BCUT2D eigenvalue weighted by molar-refractivity contribution is 0.0447. The summed E-state index contributed by atoms with van der Waals surface area (Å²) in [5.74, 6) is 2.78. The van der Waals surface area contributed by atoms with Gasteiger partial charge in [0.15, 0.2) is 0 Å². The van der Waals surface area contributed by atoms with Crippen LogP contribution in [0.1, 0.15) is 92.4 Å².